The highest BCUT2D eigenvalue weighted by Gasteiger charge is 2.19. The van der Waals surface area contributed by atoms with E-state index in [0.29, 0.717) is 11.5 Å². The Kier molecular flexibility index (Phi) is 7.33. The summed E-state index contributed by atoms with van der Waals surface area (Å²) in [6.45, 7) is 1.30. The molecule has 0 bridgehead atoms. The number of amides is 1. The van der Waals surface area contributed by atoms with Gasteiger partial charge >= 0.3 is 5.97 Å². The van der Waals surface area contributed by atoms with E-state index in [9.17, 15) is 9.59 Å². The Morgan fingerprint density at radius 3 is 2.33 bits per heavy atom. The molecule has 0 unspecified atom stereocenters. The smallest absolute Gasteiger partial charge is 0.341 e. The van der Waals surface area contributed by atoms with Gasteiger partial charge in [-0.15, -0.1) is 0 Å². The molecule has 1 atom stereocenters. The van der Waals surface area contributed by atoms with Gasteiger partial charge in [-0.1, -0.05) is 29.3 Å². The fourth-order valence-corrected chi connectivity index (χ4v) is 2.99. The number of rotatable bonds is 7. The predicted octanol–water partition coefficient (Wildman–Crippen LogP) is 4.04. The molecule has 2 aromatic carbocycles. The lowest BCUT2D eigenvalue weighted by atomic mass is 10.1. The second-order valence-electron chi connectivity index (χ2n) is 5.57. The minimum Gasteiger partial charge on any atom is -0.497 e. The Morgan fingerprint density at radius 2 is 1.74 bits per heavy atom. The third-order valence-electron chi connectivity index (χ3n) is 3.78. The number of carbonyl (C=O) groups excluding carboxylic acids is 2. The van der Waals surface area contributed by atoms with E-state index in [-0.39, 0.29) is 15.6 Å². The molecule has 0 radical (unpaired) electrons. The van der Waals surface area contributed by atoms with Gasteiger partial charge in [-0.25, -0.2) is 4.79 Å². The SMILES string of the molecule is COc1ccc(OC)c([C@@H](C)NC(=O)COC(=O)c2c(Cl)cccc2Cl)c1. The summed E-state index contributed by atoms with van der Waals surface area (Å²) in [5.74, 6) is -0.0219. The predicted molar refractivity (Wildman–Crippen MR) is 103 cm³/mol. The van der Waals surface area contributed by atoms with Gasteiger partial charge in [-0.3, -0.25) is 4.79 Å². The van der Waals surface area contributed by atoms with Crippen LogP contribution in [0.25, 0.3) is 0 Å². The van der Waals surface area contributed by atoms with Crippen LogP contribution in [0.1, 0.15) is 28.9 Å². The van der Waals surface area contributed by atoms with E-state index in [1.54, 1.807) is 38.3 Å². The fourth-order valence-electron chi connectivity index (χ4n) is 2.43. The monoisotopic (exact) mass is 411 g/mol. The van der Waals surface area contributed by atoms with Crippen LogP contribution in [0.3, 0.4) is 0 Å². The van der Waals surface area contributed by atoms with E-state index < -0.39 is 24.5 Å². The molecule has 1 amide bonds. The topological polar surface area (TPSA) is 73.9 Å². The van der Waals surface area contributed by atoms with Crippen molar-refractivity contribution < 1.29 is 23.8 Å². The second kappa shape index (κ2) is 9.48. The van der Waals surface area contributed by atoms with Gasteiger partial charge < -0.3 is 19.5 Å². The molecule has 27 heavy (non-hydrogen) atoms. The van der Waals surface area contributed by atoms with Crippen LogP contribution in [0.4, 0.5) is 0 Å². The number of methoxy groups -OCH3 is 2. The number of carbonyl (C=O) groups is 2. The first-order valence-electron chi connectivity index (χ1n) is 7.99. The molecule has 0 heterocycles. The van der Waals surface area contributed by atoms with E-state index >= 15 is 0 Å². The third-order valence-corrected chi connectivity index (χ3v) is 4.41. The summed E-state index contributed by atoms with van der Waals surface area (Å²) in [5.41, 5.74) is 0.752. The quantitative estimate of drug-likeness (QED) is 0.695. The molecule has 0 fully saturated rings. The van der Waals surface area contributed by atoms with E-state index in [1.807, 2.05) is 0 Å². The van der Waals surface area contributed by atoms with Crippen molar-refractivity contribution in [2.45, 2.75) is 13.0 Å². The molecule has 2 aromatic rings. The maximum absolute atomic E-state index is 12.2. The number of ether oxygens (including phenoxy) is 3. The van der Waals surface area contributed by atoms with Gasteiger partial charge in [-0.2, -0.15) is 0 Å². The molecule has 2 rings (SSSR count). The van der Waals surface area contributed by atoms with Gasteiger partial charge in [-0.05, 0) is 37.3 Å². The Hall–Kier alpha value is -2.44. The van der Waals surface area contributed by atoms with Gasteiger partial charge in [0.2, 0.25) is 0 Å². The lowest BCUT2D eigenvalue weighted by molar-refractivity contribution is -0.124. The summed E-state index contributed by atoms with van der Waals surface area (Å²) in [4.78, 5) is 24.3. The van der Waals surface area contributed by atoms with Crippen LogP contribution in [-0.4, -0.2) is 32.7 Å². The average molecular weight is 412 g/mol. The Labute approximate surface area is 167 Å². The molecule has 0 aliphatic carbocycles. The van der Waals surface area contributed by atoms with Crippen molar-refractivity contribution in [2.24, 2.45) is 0 Å². The summed E-state index contributed by atoms with van der Waals surface area (Å²) in [6.07, 6.45) is 0. The van der Waals surface area contributed by atoms with Crippen molar-refractivity contribution in [3.8, 4) is 11.5 Å². The van der Waals surface area contributed by atoms with Crippen LogP contribution < -0.4 is 14.8 Å². The van der Waals surface area contributed by atoms with Crippen molar-refractivity contribution in [1.82, 2.24) is 5.32 Å². The summed E-state index contributed by atoms with van der Waals surface area (Å²) in [6, 6.07) is 9.51. The summed E-state index contributed by atoms with van der Waals surface area (Å²) in [7, 11) is 3.09. The molecular weight excluding hydrogens is 393 g/mol. The van der Waals surface area contributed by atoms with Crippen molar-refractivity contribution in [2.75, 3.05) is 20.8 Å². The van der Waals surface area contributed by atoms with E-state index in [2.05, 4.69) is 5.32 Å². The van der Waals surface area contributed by atoms with Crippen LogP contribution in [-0.2, 0) is 9.53 Å². The first-order valence-corrected chi connectivity index (χ1v) is 8.75. The normalized spacial score (nSPS) is 11.4. The van der Waals surface area contributed by atoms with Crippen LogP contribution in [0.15, 0.2) is 36.4 Å². The molecule has 0 saturated carbocycles. The first-order chi connectivity index (χ1) is 12.9. The third kappa shape index (κ3) is 5.28. The zero-order valence-electron chi connectivity index (χ0n) is 15.0. The zero-order valence-corrected chi connectivity index (χ0v) is 16.6. The molecule has 0 saturated heterocycles. The van der Waals surface area contributed by atoms with Gasteiger partial charge in [0.25, 0.3) is 5.91 Å². The molecule has 0 aromatic heterocycles. The lowest BCUT2D eigenvalue weighted by Crippen LogP contribution is -2.31. The van der Waals surface area contributed by atoms with Gasteiger partial charge in [0.15, 0.2) is 6.61 Å². The fraction of sp³-hybridized carbons (Fsp3) is 0.263. The van der Waals surface area contributed by atoms with E-state index in [0.717, 1.165) is 5.56 Å². The molecule has 0 aliphatic rings. The first kappa shape index (κ1) is 20.9. The molecule has 6 nitrogen and oxygen atoms in total. The highest BCUT2D eigenvalue weighted by Crippen LogP contribution is 2.29. The van der Waals surface area contributed by atoms with Gasteiger partial charge in [0, 0.05) is 5.56 Å². The maximum Gasteiger partial charge on any atom is 0.341 e. The van der Waals surface area contributed by atoms with Crippen molar-refractivity contribution >= 4 is 35.1 Å². The van der Waals surface area contributed by atoms with Crippen LogP contribution in [0.2, 0.25) is 10.0 Å². The van der Waals surface area contributed by atoms with Crippen molar-refractivity contribution in [1.29, 1.82) is 0 Å². The summed E-state index contributed by atoms with van der Waals surface area (Å²) >= 11 is 11.9. The molecule has 0 spiro atoms. The minimum absolute atomic E-state index is 0.0242. The number of hydrogen-bond donors (Lipinski definition) is 1. The number of esters is 1. The number of halogens is 2. The van der Waals surface area contributed by atoms with Crippen molar-refractivity contribution in [3.05, 3.63) is 57.6 Å². The highest BCUT2D eigenvalue weighted by atomic mass is 35.5. The van der Waals surface area contributed by atoms with Crippen LogP contribution in [0, 0.1) is 0 Å². The highest BCUT2D eigenvalue weighted by molar-refractivity contribution is 6.39. The zero-order chi connectivity index (χ0) is 20.0. The van der Waals surface area contributed by atoms with Crippen molar-refractivity contribution in [3.63, 3.8) is 0 Å². The Morgan fingerprint density at radius 1 is 1.07 bits per heavy atom. The van der Waals surface area contributed by atoms with Gasteiger partial charge in [0.05, 0.1) is 35.9 Å². The number of benzene rings is 2. The van der Waals surface area contributed by atoms with Gasteiger partial charge in [0.1, 0.15) is 11.5 Å². The van der Waals surface area contributed by atoms with E-state index in [4.69, 9.17) is 37.4 Å². The average Bonchev–Trinajstić information content (AvgIpc) is 2.65. The minimum atomic E-state index is -0.771. The number of hydrogen-bond acceptors (Lipinski definition) is 5. The molecule has 0 aliphatic heterocycles. The van der Waals surface area contributed by atoms with Crippen LogP contribution in [0.5, 0.6) is 11.5 Å². The van der Waals surface area contributed by atoms with E-state index in [1.165, 1.54) is 19.2 Å². The molecule has 1 N–H and O–H groups in total. The number of nitrogens with one attached hydrogen (secondary N) is 1. The maximum atomic E-state index is 12.2. The summed E-state index contributed by atoms with van der Waals surface area (Å²) in [5, 5.41) is 3.05. The standard InChI is InChI=1S/C19H19Cl2NO5/c1-11(13-9-12(25-2)7-8-16(13)26-3)22-17(23)10-27-19(24)18-14(20)5-4-6-15(18)21/h4-9,11H,10H2,1-3H3,(H,22,23)/t11-/m1/s1. The Bertz CT molecular complexity index is 821. The molecule has 8 heteroatoms. The molecule has 144 valence electrons. The van der Waals surface area contributed by atoms with Crippen LogP contribution >= 0.6 is 23.2 Å². The Balaban J connectivity index is 2.00. The second-order valence-corrected chi connectivity index (χ2v) is 6.38. The summed E-state index contributed by atoms with van der Waals surface area (Å²) < 4.78 is 15.5. The lowest BCUT2D eigenvalue weighted by Gasteiger charge is -2.18. The largest absolute Gasteiger partial charge is 0.497 e. The molecular formula is C19H19Cl2NO5.